The van der Waals surface area contributed by atoms with Crippen LogP contribution in [0.3, 0.4) is 0 Å². The fraction of sp³-hybridized carbons (Fsp3) is 0.240. The number of hydrogen-bond acceptors (Lipinski definition) is 5. The maximum atomic E-state index is 14.5. The molecule has 6 nitrogen and oxygen atoms in total. The van der Waals surface area contributed by atoms with Gasteiger partial charge in [-0.05, 0) is 43.7 Å². The Labute approximate surface area is 204 Å². The van der Waals surface area contributed by atoms with Crippen molar-refractivity contribution in [1.29, 1.82) is 5.26 Å². The van der Waals surface area contributed by atoms with Crippen LogP contribution < -0.4 is 14.8 Å². The molecule has 9 heteroatoms. The van der Waals surface area contributed by atoms with E-state index in [4.69, 9.17) is 16.3 Å². The summed E-state index contributed by atoms with van der Waals surface area (Å²) >= 11 is 7.14. The topological polar surface area (TPSA) is 75.3 Å². The van der Waals surface area contributed by atoms with Crippen molar-refractivity contribution in [2.45, 2.75) is 13.8 Å². The summed E-state index contributed by atoms with van der Waals surface area (Å²) in [6, 6.07) is 11.8. The average Bonchev–Trinajstić information content (AvgIpc) is 3.13. The molecule has 1 aliphatic heterocycles. The van der Waals surface area contributed by atoms with E-state index in [0.717, 1.165) is 22.5 Å². The monoisotopic (exact) mass is 497 g/mol. The Hall–Kier alpha value is -3.25. The predicted octanol–water partition coefficient (Wildman–Crippen LogP) is 2.67. The summed E-state index contributed by atoms with van der Waals surface area (Å²) in [5.74, 6) is -1.05. The van der Waals surface area contributed by atoms with Gasteiger partial charge in [0.15, 0.2) is 5.57 Å². The van der Waals surface area contributed by atoms with Gasteiger partial charge in [0, 0.05) is 18.7 Å². The van der Waals surface area contributed by atoms with Gasteiger partial charge in [0.25, 0.3) is 11.5 Å². The summed E-state index contributed by atoms with van der Waals surface area (Å²) in [5, 5.41) is 10.1. The van der Waals surface area contributed by atoms with Crippen LogP contribution >= 0.6 is 22.9 Å². The average molecular weight is 498 g/mol. The van der Waals surface area contributed by atoms with Crippen LogP contribution in [0.25, 0.3) is 17.3 Å². The molecule has 0 bridgehead atoms. The SMILES string of the molecule is Cc1ccc(-n2c(=O)/c(=C\c3c(F)cccc3Cl)s/c2=C(/C#N)C(=O)N2CCOCC2)c(C)c1. The predicted molar refractivity (Wildman–Crippen MR) is 130 cm³/mol. The molecule has 1 fully saturated rings. The van der Waals surface area contributed by atoms with Crippen LogP contribution in [0.4, 0.5) is 4.39 Å². The van der Waals surface area contributed by atoms with Crippen LogP contribution in [0.2, 0.25) is 5.02 Å². The Balaban J connectivity index is 2.06. The maximum Gasteiger partial charge on any atom is 0.273 e. The molecule has 0 aliphatic carbocycles. The van der Waals surface area contributed by atoms with E-state index >= 15 is 0 Å². The molecule has 1 aliphatic rings. The number of halogens is 2. The van der Waals surface area contributed by atoms with Gasteiger partial charge in [0.1, 0.15) is 16.5 Å². The van der Waals surface area contributed by atoms with Crippen molar-refractivity contribution in [2.75, 3.05) is 26.3 Å². The van der Waals surface area contributed by atoms with Crippen LogP contribution in [-0.2, 0) is 9.53 Å². The standard InChI is InChI=1S/C25H21ClFN3O3S/c1-15-6-7-21(16(2)12-15)30-24(32)22(13-17-19(26)4-3-5-20(17)27)34-25(30)18(14-28)23(31)29-8-10-33-11-9-29/h3-7,12-13H,8-11H2,1-2H3/b22-13+,25-18-. The van der Waals surface area contributed by atoms with E-state index in [2.05, 4.69) is 0 Å². The second kappa shape index (κ2) is 9.94. The van der Waals surface area contributed by atoms with E-state index in [9.17, 15) is 19.2 Å². The molecule has 3 aromatic rings. The zero-order chi connectivity index (χ0) is 24.4. The molecular weight excluding hydrogens is 477 g/mol. The third-order valence-electron chi connectivity index (χ3n) is 5.53. The minimum atomic E-state index is -0.575. The zero-order valence-electron chi connectivity index (χ0n) is 18.6. The van der Waals surface area contributed by atoms with Gasteiger partial charge in [-0.1, -0.05) is 35.4 Å². The number of carbonyl (C=O) groups excluding carboxylic acids is 1. The molecule has 2 aromatic carbocycles. The van der Waals surface area contributed by atoms with Crippen molar-refractivity contribution in [3.8, 4) is 11.8 Å². The summed E-state index contributed by atoms with van der Waals surface area (Å²) in [4.78, 5) is 28.4. The number of nitriles is 1. The fourth-order valence-electron chi connectivity index (χ4n) is 3.82. The quantitative estimate of drug-likeness (QED) is 0.557. The first-order valence-corrected chi connectivity index (χ1v) is 11.8. The number of rotatable bonds is 3. The lowest BCUT2D eigenvalue weighted by Crippen LogP contribution is -2.42. The van der Waals surface area contributed by atoms with Crippen molar-refractivity contribution in [1.82, 2.24) is 9.47 Å². The highest BCUT2D eigenvalue weighted by atomic mass is 35.5. The van der Waals surface area contributed by atoms with E-state index in [-0.39, 0.29) is 25.4 Å². The molecule has 1 saturated heterocycles. The second-order valence-corrected chi connectivity index (χ2v) is 9.31. The lowest BCUT2D eigenvalue weighted by atomic mass is 10.1. The van der Waals surface area contributed by atoms with Gasteiger partial charge in [0.05, 0.1) is 28.5 Å². The van der Waals surface area contributed by atoms with Gasteiger partial charge in [-0.25, -0.2) is 4.39 Å². The molecule has 34 heavy (non-hydrogen) atoms. The van der Waals surface area contributed by atoms with Crippen molar-refractivity contribution in [2.24, 2.45) is 0 Å². The number of benzene rings is 2. The van der Waals surface area contributed by atoms with Gasteiger partial charge >= 0.3 is 0 Å². The van der Waals surface area contributed by atoms with Gasteiger partial charge in [-0.3, -0.25) is 14.2 Å². The minimum Gasteiger partial charge on any atom is -0.378 e. The number of thiazole rings is 1. The molecule has 0 saturated carbocycles. The number of aromatic nitrogens is 1. The van der Waals surface area contributed by atoms with E-state index < -0.39 is 17.3 Å². The van der Waals surface area contributed by atoms with Crippen molar-refractivity contribution in [3.63, 3.8) is 0 Å². The van der Waals surface area contributed by atoms with E-state index in [0.29, 0.717) is 32.0 Å². The fourth-order valence-corrected chi connectivity index (χ4v) is 5.11. The molecule has 174 valence electrons. The first-order chi connectivity index (χ1) is 16.3. The first-order valence-electron chi connectivity index (χ1n) is 10.6. The van der Waals surface area contributed by atoms with Crippen molar-refractivity contribution >= 4 is 40.5 Å². The summed E-state index contributed by atoms with van der Waals surface area (Å²) in [5.41, 5.74) is 1.80. The third kappa shape index (κ3) is 4.55. The Kier molecular flexibility index (Phi) is 6.98. The summed E-state index contributed by atoms with van der Waals surface area (Å²) in [6.07, 6.45) is 1.36. The molecule has 2 heterocycles. The Morgan fingerprint density at radius 2 is 1.97 bits per heavy atom. The van der Waals surface area contributed by atoms with Crippen molar-refractivity contribution < 1.29 is 13.9 Å². The van der Waals surface area contributed by atoms with Crippen LogP contribution in [0, 0.1) is 31.0 Å². The number of carbonyl (C=O) groups is 1. The lowest BCUT2D eigenvalue weighted by Gasteiger charge is -2.26. The maximum absolute atomic E-state index is 14.5. The van der Waals surface area contributed by atoms with E-state index in [1.165, 1.54) is 33.7 Å². The van der Waals surface area contributed by atoms with E-state index in [1.54, 1.807) is 6.07 Å². The number of ether oxygens (including phenoxy) is 1. The molecule has 4 rings (SSSR count). The third-order valence-corrected chi connectivity index (χ3v) is 6.95. The minimum absolute atomic E-state index is 0.0693. The highest BCUT2D eigenvalue weighted by Crippen LogP contribution is 2.19. The van der Waals surface area contributed by atoms with Crippen LogP contribution in [-0.4, -0.2) is 41.7 Å². The molecular formula is C25H21ClFN3O3S. The molecule has 0 spiro atoms. The van der Waals surface area contributed by atoms with Crippen LogP contribution in [0.1, 0.15) is 16.7 Å². The first kappa shape index (κ1) is 23.9. The number of morpholine rings is 1. The van der Waals surface area contributed by atoms with Crippen LogP contribution in [0.5, 0.6) is 0 Å². The van der Waals surface area contributed by atoms with Gasteiger partial charge in [-0.2, -0.15) is 5.26 Å². The molecule has 0 radical (unpaired) electrons. The lowest BCUT2D eigenvalue weighted by molar-refractivity contribution is -0.128. The number of hydrogen-bond donors (Lipinski definition) is 0. The smallest absolute Gasteiger partial charge is 0.273 e. The Morgan fingerprint density at radius 1 is 1.24 bits per heavy atom. The molecule has 0 N–H and O–H groups in total. The Bertz CT molecular complexity index is 1480. The molecule has 0 atom stereocenters. The molecule has 1 aromatic heterocycles. The second-order valence-electron chi connectivity index (χ2n) is 7.87. The summed E-state index contributed by atoms with van der Waals surface area (Å²) in [7, 11) is 0. The number of amides is 1. The summed E-state index contributed by atoms with van der Waals surface area (Å²) < 4.78 is 21.5. The highest BCUT2D eigenvalue weighted by Gasteiger charge is 2.24. The number of nitrogens with zero attached hydrogens (tertiary/aromatic N) is 3. The largest absolute Gasteiger partial charge is 0.378 e. The normalized spacial score (nSPS) is 15.3. The molecule has 0 unspecified atom stereocenters. The van der Waals surface area contributed by atoms with Crippen molar-refractivity contribution in [3.05, 3.63) is 83.5 Å². The number of aryl methyl sites for hydroxylation is 2. The molecule has 1 amide bonds. The Morgan fingerprint density at radius 3 is 2.62 bits per heavy atom. The van der Waals surface area contributed by atoms with Crippen LogP contribution in [0.15, 0.2) is 41.2 Å². The zero-order valence-corrected chi connectivity index (χ0v) is 20.2. The van der Waals surface area contributed by atoms with E-state index in [1.807, 2.05) is 32.0 Å². The highest BCUT2D eigenvalue weighted by molar-refractivity contribution is 7.07. The van der Waals surface area contributed by atoms with Gasteiger partial charge < -0.3 is 9.64 Å². The van der Waals surface area contributed by atoms with Gasteiger partial charge in [-0.15, -0.1) is 11.3 Å². The summed E-state index contributed by atoms with van der Waals surface area (Å²) in [6.45, 7) is 5.25. The van der Waals surface area contributed by atoms with Gasteiger partial charge in [0.2, 0.25) is 0 Å².